The van der Waals surface area contributed by atoms with E-state index in [1.54, 1.807) is 0 Å². The molecule has 0 aliphatic rings. The van der Waals surface area contributed by atoms with Gasteiger partial charge in [-0.1, -0.05) is 0 Å². The van der Waals surface area contributed by atoms with Gasteiger partial charge in [-0.2, -0.15) is 0 Å². The van der Waals surface area contributed by atoms with Crippen LogP contribution in [-0.2, 0) is 0 Å². The summed E-state index contributed by atoms with van der Waals surface area (Å²) in [4.78, 5) is 8.15. The summed E-state index contributed by atoms with van der Waals surface area (Å²) in [5.41, 5.74) is 0. The Kier molecular flexibility index (Phi) is 2.21. The first-order valence-corrected chi connectivity index (χ1v) is 1.56. The number of hydrogen-bond acceptors (Lipinski definition) is 3. The van der Waals surface area contributed by atoms with Crippen LogP contribution in [0.5, 0.6) is 0 Å². The van der Waals surface area contributed by atoms with Crippen LogP contribution in [-0.4, -0.2) is 22.9 Å². The van der Waals surface area contributed by atoms with Crippen LogP contribution in [0.3, 0.4) is 0 Å². The lowest BCUT2D eigenvalue weighted by Crippen LogP contribution is -2.19. The minimum Gasteiger partial charge on any atom is -0.331 e. The summed E-state index contributed by atoms with van der Waals surface area (Å²) in [6.07, 6.45) is -2.04. The second-order valence-corrected chi connectivity index (χ2v) is 0.920. The molecule has 0 saturated heterocycles. The maximum Gasteiger partial charge on any atom is 0.341 e. The van der Waals surface area contributed by atoms with Crippen molar-refractivity contribution in [3.05, 3.63) is 10.1 Å². The molecular weight excluding hydrogens is 105 g/mol. The van der Waals surface area contributed by atoms with E-state index in [0.717, 1.165) is 0 Å². The molecule has 1 N–H and O–H groups in total. The van der Waals surface area contributed by atoms with Crippen molar-refractivity contribution in [3.63, 3.8) is 0 Å². The van der Waals surface area contributed by atoms with E-state index >= 15 is 0 Å². The minimum atomic E-state index is -2.04. The van der Waals surface area contributed by atoms with Crippen LogP contribution in [0.15, 0.2) is 0 Å². The Bertz CT molecular complexity index is 75.3. The Morgan fingerprint density at radius 2 is 2.43 bits per heavy atom. The molecule has 4 nitrogen and oxygen atoms in total. The third kappa shape index (κ3) is 2.05. The number of halogens is 1. The lowest BCUT2D eigenvalue weighted by atomic mass is 10.7. The van der Waals surface area contributed by atoms with Crippen LogP contribution in [0.1, 0.15) is 0 Å². The molecule has 0 fully saturated rings. The van der Waals surface area contributed by atoms with E-state index in [9.17, 15) is 14.5 Å². The molecule has 0 aromatic carbocycles. The highest BCUT2D eigenvalue weighted by Crippen LogP contribution is 1.81. The maximum atomic E-state index is 10.9. The summed E-state index contributed by atoms with van der Waals surface area (Å²) in [5, 5.41) is 17.1. The van der Waals surface area contributed by atoms with Crippen LogP contribution >= 0.6 is 0 Å². The van der Waals surface area contributed by atoms with Crippen molar-refractivity contribution in [1.82, 2.24) is 0 Å². The molecule has 0 heterocycles. The predicted octanol–water partition coefficient (Wildman–Crippen LogP) is -0.449. The Hall–Kier alpha value is -0.710. The monoisotopic (exact) mass is 109 g/mol. The standard InChI is InChI=1S/C2H4FNO3/c3-1-2(5)4(6)7/h2,5H,1H2. The second-order valence-electron chi connectivity index (χ2n) is 0.920. The summed E-state index contributed by atoms with van der Waals surface area (Å²) in [6.45, 7) is -1.33. The van der Waals surface area contributed by atoms with E-state index in [1.807, 2.05) is 0 Å². The summed E-state index contributed by atoms with van der Waals surface area (Å²) < 4.78 is 10.9. The van der Waals surface area contributed by atoms with Crippen LogP contribution in [0.2, 0.25) is 0 Å². The minimum absolute atomic E-state index is 1.10. The topological polar surface area (TPSA) is 63.4 Å². The molecule has 7 heavy (non-hydrogen) atoms. The van der Waals surface area contributed by atoms with Gasteiger partial charge >= 0.3 is 6.23 Å². The van der Waals surface area contributed by atoms with E-state index in [1.165, 1.54) is 0 Å². The number of rotatable bonds is 2. The third-order valence-electron chi connectivity index (χ3n) is 0.381. The summed E-state index contributed by atoms with van der Waals surface area (Å²) >= 11 is 0. The van der Waals surface area contributed by atoms with Gasteiger partial charge in [-0.15, -0.1) is 0 Å². The van der Waals surface area contributed by atoms with Gasteiger partial charge in [-0.05, 0) is 0 Å². The Balaban J connectivity index is 3.34. The molecule has 0 amide bonds. The summed E-state index contributed by atoms with van der Waals surface area (Å²) in [7, 11) is 0. The van der Waals surface area contributed by atoms with Crippen molar-refractivity contribution in [2.24, 2.45) is 0 Å². The van der Waals surface area contributed by atoms with Gasteiger partial charge in [0.15, 0.2) is 6.67 Å². The average Bonchev–Trinajstić information content (AvgIpc) is 1.65. The fourth-order valence-corrected chi connectivity index (χ4v) is 0.0563. The second kappa shape index (κ2) is 2.46. The zero-order chi connectivity index (χ0) is 5.86. The zero-order valence-corrected chi connectivity index (χ0v) is 3.37. The number of nitro groups is 1. The number of aliphatic hydroxyl groups is 1. The fourth-order valence-electron chi connectivity index (χ4n) is 0.0563. The van der Waals surface area contributed by atoms with Gasteiger partial charge in [0.1, 0.15) is 0 Å². The van der Waals surface area contributed by atoms with E-state index in [4.69, 9.17) is 5.11 Å². The fraction of sp³-hybridized carbons (Fsp3) is 1.00. The number of aliphatic hydroxyl groups excluding tert-OH is 1. The summed E-state index contributed by atoms with van der Waals surface area (Å²) in [6, 6.07) is 0. The molecule has 0 aliphatic heterocycles. The molecule has 1 atom stereocenters. The molecular formula is C2H4FNO3. The molecule has 5 heteroatoms. The number of alkyl halides is 1. The van der Waals surface area contributed by atoms with Crippen molar-refractivity contribution in [1.29, 1.82) is 0 Å². The number of nitrogens with zero attached hydrogens (tertiary/aromatic N) is 1. The Morgan fingerprint density at radius 1 is 2.00 bits per heavy atom. The van der Waals surface area contributed by atoms with Crippen molar-refractivity contribution < 1.29 is 14.4 Å². The lowest BCUT2D eigenvalue weighted by Gasteiger charge is -1.91. The summed E-state index contributed by atoms with van der Waals surface area (Å²) in [5.74, 6) is 0. The Morgan fingerprint density at radius 3 is 2.43 bits per heavy atom. The first kappa shape index (κ1) is 6.29. The number of hydrogen-bond donors (Lipinski definition) is 1. The molecule has 0 rings (SSSR count). The highest BCUT2D eigenvalue weighted by molar-refractivity contribution is 4.28. The SMILES string of the molecule is O=[N+]([O-])C(O)CF. The zero-order valence-electron chi connectivity index (χ0n) is 3.37. The Labute approximate surface area is 38.7 Å². The lowest BCUT2D eigenvalue weighted by molar-refractivity contribution is -0.570. The largest absolute Gasteiger partial charge is 0.341 e. The van der Waals surface area contributed by atoms with Crippen LogP contribution in [0, 0.1) is 10.1 Å². The van der Waals surface area contributed by atoms with Gasteiger partial charge in [0.05, 0.1) is 4.92 Å². The molecule has 0 aromatic heterocycles. The maximum absolute atomic E-state index is 10.9. The van der Waals surface area contributed by atoms with Crippen LogP contribution < -0.4 is 0 Å². The van der Waals surface area contributed by atoms with E-state index < -0.39 is 17.8 Å². The van der Waals surface area contributed by atoms with Gasteiger partial charge < -0.3 is 5.11 Å². The average molecular weight is 109 g/mol. The molecule has 1 unspecified atom stereocenters. The molecule has 0 bridgehead atoms. The van der Waals surface area contributed by atoms with Gasteiger partial charge in [0.25, 0.3) is 0 Å². The van der Waals surface area contributed by atoms with Gasteiger partial charge in [0.2, 0.25) is 0 Å². The third-order valence-corrected chi connectivity index (χ3v) is 0.381. The molecule has 0 saturated carbocycles. The molecule has 0 aliphatic carbocycles. The van der Waals surface area contributed by atoms with E-state index in [0.29, 0.717) is 0 Å². The predicted molar refractivity (Wildman–Crippen MR) is 19.0 cm³/mol. The van der Waals surface area contributed by atoms with Crippen molar-refractivity contribution >= 4 is 0 Å². The van der Waals surface area contributed by atoms with E-state index in [2.05, 4.69) is 0 Å². The smallest absolute Gasteiger partial charge is 0.331 e. The normalized spacial score (nSPS) is 13.4. The molecule has 42 valence electrons. The first-order chi connectivity index (χ1) is 3.18. The van der Waals surface area contributed by atoms with Crippen molar-refractivity contribution in [2.45, 2.75) is 6.23 Å². The van der Waals surface area contributed by atoms with Gasteiger partial charge in [-0.25, -0.2) is 4.39 Å². The van der Waals surface area contributed by atoms with Gasteiger partial charge in [0, 0.05) is 0 Å². The first-order valence-electron chi connectivity index (χ1n) is 1.56. The van der Waals surface area contributed by atoms with Gasteiger partial charge in [-0.3, -0.25) is 10.1 Å². The van der Waals surface area contributed by atoms with E-state index in [-0.39, 0.29) is 0 Å². The van der Waals surface area contributed by atoms with Crippen molar-refractivity contribution in [3.8, 4) is 0 Å². The molecule has 0 radical (unpaired) electrons. The highest BCUT2D eigenvalue weighted by Gasteiger charge is 2.12. The molecule has 0 spiro atoms. The quantitative estimate of drug-likeness (QED) is 0.297. The van der Waals surface area contributed by atoms with Crippen LogP contribution in [0.4, 0.5) is 4.39 Å². The van der Waals surface area contributed by atoms with Crippen LogP contribution in [0.25, 0.3) is 0 Å². The van der Waals surface area contributed by atoms with Crippen molar-refractivity contribution in [2.75, 3.05) is 6.67 Å². The highest BCUT2D eigenvalue weighted by atomic mass is 19.1. The molecule has 0 aromatic rings.